The average Bonchev–Trinajstić information content (AvgIpc) is 3.10. The number of aryl methyl sites for hydroxylation is 1. The summed E-state index contributed by atoms with van der Waals surface area (Å²) in [4.78, 5) is 18.6. The van der Waals surface area contributed by atoms with E-state index in [1.54, 1.807) is 24.0 Å². The second-order valence-electron chi connectivity index (χ2n) is 6.96. The normalized spacial score (nSPS) is 11.9. The van der Waals surface area contributed by atoms with Crippen LogP contribution in [0.3, 0.4) is 0 Å². The van der Waals surface area contributed by atoms with E-state index in [9.17, 15) is 4.79 Å². The number of furan rings is 1. The molecule has 7 heteroatoms. The lowest BCUT2D eigenvalue weighted by Gasteiger charge is -2.28. The van der Waals surface area contributed by atoms with Crippen molar-refractivity contribution in [1.82, 2.24) is 19.8 Å². The molecule has 132 valence electrons. The highest BCUT2D eigenvalue weighted by Crippen LogP contribution is 2.22. The molecule has 0 aliphatic heterocycles. The Morgan fingerprint density at radius 3 is 2.79 bits per heavy atom. The molecule has 0 aliphatic carbocycles. The van der Waals surface area contributed by atoms with Crippen molar-refractivity contribution in [2.24, 2.45) is 12.5 Å². The zero-order valence-electron chi connectivity index (χ0n) is 15.0. The van der Waals surface area contributed by atoms with E-state index in [0.717, 1.165) is 17.5 Å². The molecule has 6 nitrogen and oxygen atoms in total. The van der Waals surface area contributed by atoms with E-state index in [1.807, 2.05) is 38.0 Å². The van der Waals surface area contributed by atoms with Gasteiger partial charge in [0.25, 0.3) is 5.91 Å². The molecule has 0 unspecified atom stereocenters. The molecular weight excluding hydrogens is 324 g/mol. The van der Waals surface area contributed by atoms with Crippen LogP contribution in [0.2, 0.25) is 0 Å². The van der Waals surface area contributed by atoms with Crippen molar-refractivity contribution in [3.63, 3.8) is 0 Å². The van der Waals surface area contributed by atoms with Gasteiger partial charge in [0.1, 0.15) is 5.76 Å². The van der Waals surface area contributed by atoms with Gasteiger partial charge in [-0.05, 0) is 31.6 Å². The summed E-state index contributed by atoms with van der Waals surface area (Å²) >= 11 is 1.58. The van der Waals surface area contributed by atoms with E-state index in [0.29, 0.717) is 18.1 Å². The Morgan fingerprint density at radius 2 is 2.17 bits per heavy atom. The molecule has 2 rings (SSSR count). The van der Waals surface area contributed by atoms with Crippen LogP contribution in [0.15, 0.2) is 34.1 Å². The minimum Gasteiger partial charge on any atom is -0.455 e. The molecule has 0 fully saturated rings. The van der Waals surface area contributed by atoms with Gasteiger partial charge in [-0.2, -0.15) is 0 Å². The van der Waals surface area contributed by atoms with Crippen LogP contribution in [0.4, 0.5) is 0 Å². The van der Waals surface area contributed by atoms with Crippen LogP contribution in [-0.2, 0) is 12.8 Å². The molecular formula is C17H26N4O2S. The summed E-state index contributed by atoms with van der Waals surface area (Å²) in [6, 6.07) is 3.57. The maximum atomic E-state index is 12.2. The van der Waals surface area contributed by atoms with Crippen LogP contribution in [0.25, 0.3) is 0 Å². The van der Waals surface area contributed by atoms with Crippen molar-refractivity contribution in [1.29, 1.82) is 0 Å². The first-order chi connectivity index (χ1) is 11.3. The molecule has 24 heavy (non-hydrogen) atoms. The summed E-state index contributed by atoms with van der Waals surface area (Å²) < 4.78 is 7.60. The molecule has 0 atom stereocenters. The van der Waals surface area contributed by atoms with Gasteiger partial charge in [0.15, 0.2) is 10.9 Å². The monoisotopic (exact) mass is 350 g/mol. The average molecular weight is 350 g/mol. The fourth-order valence-corrected chi connectivity index (χ4v) is 3.35. The number of thioether (sulfide) groups is 1. The fraction of sp³-hybridized carbons (Fsp3) is 0.529. The fourth-order valence-electron chi connectivity index (χ4n) is 2.52. The second kappa shape index (κ2) is 7.90. The van der Waals surface area contributed by atoms with E-state index in [-0.39, 0.29) is 11.3 Å². The van der Waals surface area contributed by atoms with Crippen molar-refractivity contribution in [2.75, 3.05) is 27.2 Å². The van der Waals surface area contributed by atoms with Gasteiger partial charge in [-0.25, -0.2) is 4.98 Å². The Labute approximate surface area is 147 Å². The van der Waals surface area contributed by atoms with Gasteiger partial charge in [-0.3, -0.25) is 4.79 Å². The molecule has 0 saturated carbocycles. The minimum absolute atomic E-state index is 0.00262. The Kier molecular flexibility index (Phi) is 6.12. The first-order valence-electron chi connectivity index (χ1n) is 7.88. The summed E-state index contributed by atoms with van der Waals surface area (Å²) in [6.45, 7) is 5.76. The number of carbonyl (C=O) groups is 1. The largest absolute Gasteiger partial charge is 0.455 e. The number of rotatable bonds is 8. The zero-order chi connectivity index (χ0) is 17.7. The molecule has 0 aliphatic rings. The molecule has 1 amide bonds. The van der Waals surface area contributed by atoms with Crippen LogP contribution >= 0.6 is 11.8 Å². The number of carbonyl (C=O) groups excluding carboxylic acids is 1. The number of nitrogens with zero attached hydrogens (tertiary/aromatic N) is 3. The summed E-state index contributed by atoms with van der Waals surface area (Å²) in [6.07, 6.45) is 3.66. The maximum Gasteiger partial charge on any atom is 0.287 e. The van der Waals surface area contributed by atoms with Gasteiger partial charge >= 0.3 is 0 Å². The highest BCUT2D eigenvalue weighted by Gasteiger charge is 2.21. The SMILES string of the molecule is CN(C)CC(C)(C)CNC(=O)c1ccc(CSc2nccn2C)o1. The van der Waals surface area contributed by atoms with E-state index in [2.05, 4.69) is 29.0 Å². The molecule has 1 N–H and O–H groups in total. The van der Waals surface area contributed by atoms with Gasteiger partial charge < -0.3 is 19.2 Å². The molecule has 0 saturated heterocycles. The highest BCUT2D eigenvalue weighted by atomic mass is 32.2. The zero-order valence-corrected chi connectivity index (χ0v) is 15.8. The Morgan fingerprint density at radius 1 is 1.42 bits per heavy atom. The first-order valence-corrected chi connectivity index (χ1v) is 8.87. The third kappa shape index (κ3) is 5.42. The molecule has 2 aromatic heterocycles. The predicted molar refractivity (Wildman–Crippen MR) is 96.1 cm³/mol. The second-order valence-corrected chi connectivity index (χ2v) is 7.90. The van der Waals surface area contributed by atoms with Crippen molar-refractivity contribution in [3.8, 4) is 0 Å². The van der Waals surface area contributed by atoms with Crippen LogP contribution in [0.5, 0.6) is 0 Å². The van der Waals surface area contributed by atoms with Crippen molar-refractivity contribution in [3.05, 3.63) is 36.0 Å². The van der Waals surface area contributed by atoms with Crippen LogP contribution in [0, 0.1) is 5.41 Å². The van der Waals surface area contributed by atoms with Gasteiger partial charge in [0.2, 0.25) is 0 Å². The minimum atomic E-state index is -0.171. The summed E-state index contributed by atoms with van der Waals surface area (Å²) in [5.74, 6) is 1.59. The number of amides is 1. The summed E-state index contributed by atoms with van der Waals surface area (Å²) in [5, 5.41) is 3.87. The lowest BCUT2D eigenvalue weighted by atomic mass is 9.93. The number of imidazole rings is 1. The van der Waals surface area contributed by atoms with E-state index >= 15 is 0 Å². The summed E-state index contributed by atoms with van der Waals surface area (Å²) in [5.41, 5.74) is 0.00262. The first kappa shape index (κ1) is 18.6. The quantitative estimate of drug-likeness (QED) is 0.742. The van der Waals surface area contributed by atoms with Crippen molar-refractivity contribution >= 4 is 17.7 Å². The predicted octanol–water partition coefficient (Wildman–Crippen LogP) is 2.62. The number of hydrogen-bond donors (Lipinski definition) is 1. The highest BCUT2D eigenvalue weighted by molar-refractivity contribution is 7.98. The number of nitrogens with one attached hydrogen (secondary N) is 1. The van der Waals surface area contributed by atoms with Gasteiger partial charge in [-0.1, -0.05) is 25.6 Å². The van der Waals surface area contributed by atoms with Gasteiger partial charge in [0.05, 0.1) is 5.75 Å². The van der Waals surface area contributed by atoms with Crippen LogP contribution < -0.4 is 5.32 Å². The maximum absolute atomic E-state index is 12.2. The molecule has 2 aromatic rings. The lowest BCUT2D eigenvalue weighted by Crippen LogP contribution is -2.39. The van der Waals surface area contributed by atoms with Crippen LogP contribution in [-0.4, -0.2) is 47.5 Å². The molecule has 0 spiro atoms. The van der Waals surface area contributed by atoms with Crippen molar-refractivity contribution in [2.45, 2.75) is 24.8 Å². The third-order valence-corrected chi connectivity index (χ3v) is 4.56. The van der Waals surface area contributed by atoms with E-state index in [4.69, 9.17) is 4.42 Å². The molecule has 0 aromatic carbocycles. The van der Waals surface area contributed by atoms with Gasteiger partial charge in [-0.15, -0.1) is 0 Å². The third-order valence-electron chi connectivity index (χ3n) is 3.48. The molecule has 2 heterocycles. The number of hydrogen-bond acceptors (Lipinski definition) is 5. The standard InChI is InChI=1S/C17H26N4O2S/c1-17(2,12-20(3)4)11-19-15(22)14-7-6-13(23-14)10-24-16-18-8-9-21(16)5/h6-9H,10-12H2,1-5H3,(H,19,22). The van der Waals surface area contributed by atoms with E-state index in [1.165, 1.54) is 0 Å². The smallest absolute Gasteiger partial charge is 0.287 e. The van der Waals surface area contributed by atoms with E-state index < -0.39 is 0 Å². The Balaban J connectivity index is 1.85. The Hall–Kier alpha value is -1.73. The topological polar surface area (TPSA) is 63.3 Å². The van der Waals surface area contributed by atoms with Crippen molar-refractivity contribution < 1.29 is 9.21 Å². The number of aromatic nitrogens is 2. The molecule has 0 radical (unpaired) electrons. The Bertz CT molecular complexity index is 676. The lowest BCUT2D eigenvalue weighted by molar-refractivity contribution is 0.0900. The summed E-state index contributed by atoms with van der Waals surface area (Å²) in [7, 11) is 6.01. The van der Waals surface area contributed by atoms with Crippen LogP contribution in [0.1, 0.15) is 30.2 Å². The van der Waals surface area contributed by atoms with Gasteiger partial charge in [0, 0.05) is 32.5 Å². The molecule has 0 bridgehead atoms.